The van der Waals surface area contributed by atoms with Crippen molar-refractivity contribution in [2.45, 2.75) is 25.4 Å². The molecule has 2 aromatic carbocycles. The highest BCUT2D eigenvalue weighted by atomic mass is 35.5. The molecule has 0 aliphatic carbocycles. The van der Waals surface area contributed by atoms with E-state index in [1.807, 2.05) is 0 Å². The zero-order valence-electron chi connectivity index (χ0n) is 14.3. The fourth-order valence-electron chi connectivity index (χ4n) is 2.27. The quantitative estimate of drug-likeness (QED) is 0.773. The van der Waals surface area contributed by atoms with Gasteiger partial charge in [-0.25, -0.2) is 9.18 Å². The van der Waals surface area contributed by atoms with Crippen molar-refractivity contribution in [2.24, 2.45) is 0 Å². The van der Waals surface area contributed by atoms with Crippen LogP contribution >= 0.6 is 11.6 Å². The maximum atomic E-state index is 12.9. The Morgan fingerprint density at radius 2 is 1.88 bits per heavy atom. The molecule has 0 aromatic heterocycles. The lowest BCUT2D eigenvalue weighted by Crippen LogP contribution is -2.46. The van der Waals surface area contributed by atoms with Crippen molar-refractivity contribution in [2.75, 3.05) is 6.54 Å². The molecule has 0 radical (unpaired) electrons. The van der Waals surface area contributed by atoms with Gasteiger partial charge in [-0.2, -0.15) is 0 Å². The summed E-state index contributed by atoms with van der Waals surface area (Å²) in [6, 6.07) is 11.9. The lowest BCUT2D eigenvalue weighted by molar-refractivity contribution is -0.145. The van der Waals surface area contributed by atoms with Gasteiger partial charge in [-0.3, -0.25) is 4.79 Å². The molecule has 0 fully saturated rings. The Hall–Kier alpha value is -2.60. The van der Waals surface area contributed by atoms with Crippen molar-refractivity contribution in [3.63, 3.8) is 0 Å². The Labute approximate surface area is 155 Å². The van der Waals surface area contributed by atoms with E-state index in [-0.39, 0.29) is 18.2 Å². The number of halogens is 2. The molecule has 1 atom stereocenters. The Bertz CT molecular complexity index is 792. The summed E-state index contributed by atoms with van der Waals surface area (Å²) in [7, 11) is 0. The van der Waals surface area contributed by atoms with Crippen LogP contribution in [0.4, 0.5) is 4.39 Å². The van der Waals surface area contributed by atoms with Gasteiger partial charge in [0.25, 0.3) is 0 Å². The number of carbonyl (C=O) groups is 2. The van der Waals surface area contributed by atoms with E-state index in [1.165, 1.54) is 12.1 Å². The van der Waals surface area contributed by atoms with Crippen molar-refractivity contribution in [1.82, 2.24) is 5.32 Å². The molecule has 0 saturated carbocycles. The highest BCUT2D eigenvalue weighted by Crippen LogP contribution is 2.25. The number of aliphatic carboxylic acids is 1. The molecule has 2 rings (SSSR count). The molecule has 0 heterocycles. The Balaban J connectivity index is 2.04. The minimum absolute atomic E-state index is 0.196. The molecule has 5 nitrogen and oxygen atoms in total. The van der Waals surface area contributed by atoms with E-state index in [4.69, 9.17) is 16.3 Å². The molecule has 7 heteroatoms. The van der Waals surface area contributed by atoms with Crippen LogP contribution in [0, 0.1) is 5.82 Å². The van der Waals surface area contributed by atoms with Crippen molar-refractivity contribution in [3.05, 3.63) is 64.9 Å². The minimum atomic E-state index is -1.31. The molecule has 0 saturated heterocycles. The highest BCUT2D eigenvalue weighted by molar-refractivity contribution is 6.30. The van der Waals surface area contributed by atoms with Crippen molar-refractivity contribution in [1.29, 1.82) is 0 Å². The van der Waals surface area contributed by atoms with Crippen LogP contribution in [0.25, 0.3) is 0 Å². The second-order valence-corrected chi connectivity index (χ2v) is 6.68. The second-order valence-electron chi connectivity index (χ2n) is 6.24. The van der Waals surface area contributed by atoms with Gasteiger partial charge < -0.3 is 15.2 Å². The summed E-state index contributed by atoms with van der Waals surface area (Å²) in [5.41, 5.74) is -0.210. The van der Waals surface area contributed by atoms with Crippen LogP contribution in [-0.4, -0.2) is 29.6 Å². The summed E-state index contributed by atoms with van der Waals surface area (Å²) in [5, 5.41) is 12.4. The van der Waals surface area contributed by atoms with Gasteiger partial charge in [0, 0.05) is 5.02 Å². The molecule has 0 bridgehead atoms. The first-order valence-corrected chi connectivity index (χ1v) is 8.27. The topological polar surface area (TPSA) is 75.6 Å². The van der Waals surface area contributed by atoms with Crippen LogP contribution in [0.3, 0.4) is 0 Å². The third-order valence-electron chi connectivity index (χ3n) is 3.93. The van der Waals surface area contributed by atoms with Crippen LogP contribution in [0.2, 0.25) is 5.02 Å². The number of rotatable bonds is 7. The fraction of sp³-hybridized carbons (Fsp3) is 0.263. The van der Waals surface area contributed by atoms with Gasteiger partial charge in [0.15, 0.2) is 0 Å². The van der Waals surface area contributed by atoms with Gasteiger partial charge in [-0.1, -0.05) is 23.7 Å². The first-order chi connectivity index (χ1) is 12.2. The van der Waals surface area contributed by atoms with Crippen molar-refractivity contribution in [3.8, 4) is 5.75 Å². The molecular formula is C19H19ClFNO4. The molecule has 1 unspecified atom stereocenters. The van der Waals surface area contributed by atoms with Crippen molar-refractivity contribution >= 4 is 23.5 Å². The first kappa shape index (κ1) is 19.7. The molecule has 2 aromatic rings. The van der Waals surface area contributed by atoms with E-state index in [0.29, 0.717) is 10.6 Å². The summed E-state index contributed by atoms with van der Waals surface area (Å²) in [4.78, 5) is 23.9. The number of carboxylic acid groups (broad SMARTS) is 1. The predicted octanol–water partition coefficient (Wildman–Crippen LogP) is 3.41. The maximum Gasteiger partial charge on any atom is 0.346 e. The predicted molar refractivity (Wildman–Crippen MR) is 95.9 cm³/mol. The third kappa shape index (κ3) is 4.95. The summed E-state index contributed by atoms with van der Waals surface area (Å²) in [5.74, 6) is -1.87. The molecule has 138 valence electrons. The number of carboxylic acids is 1. The normalized spacial score (nSPS) is 12.3. The lowest BCUT2D eigenvalue weighted by Gasteiger charge is -2.25. The van der Waals surface area contributed by atoms with Crippen molar-refractivity contribution < 1.29 is 23.8 Å². The average molecular weight is 380 g/mol. The summed E-state index contributed by atoms with van der Waals surface area (Å²) in [6.07, 6.45) is -1.31. The maximum absolute atomic E-state index is 12.9. The molecule has 0 aliphatic heterocycles. The standard InChI is InChI=1S/C19H19ClFNO4/c1-19(2,12-4-3-5-13(20)10-12)18(25)22-11-16(17(23)24)26-15-8-6-14(21)7-9-15/h3-10,16H,11H2,1-2H3,(H,22,25)(H,23,24). The number of ether oxygens (including phenoxy) is 1. The van der Waals surface area contributed by atoms with Crippen LogP contribution in [-0.2, 0) is 15.0 Å². The minimum Gasteiger partial charge on any atom is -0.478 e. The zero-order valence-corrected chi connectivity index (χ0v) is 15.1. The van der Waals surface area contributed by atoms with Crippen LogP contribution in [0.1, 0.15) is 19.4 Å². The number of nitrogens with one attached hydrogen (secondary N) is 1. The summed E-state index contributed by atoms with van der Waals surface area (Å²) in [6.45, 7) is 3.19. The van der Waals surface area contributed by atoms with Crippen LogP contribution < -0.4 is 10.1 Å². The van der Waals surface area contributed by atoms with Crippen LogP contribution in [0.5, 0.6) is 5.75 Å². The third-order valence-corrected chi connectivity index (χ3v) is 4.16. The van der Waals surface area contributed by atoms with E-state index in [1.54, 1.807) is 38.1 Å². The number of hydrogen-bond acceptors (Lipinski definition) is 3. The number of amides is 1. The van der Waals surface area contributed by atoms with E-state index in [0.717, 1.165) is 12.1 Å². The van der Waals surface area contributed by atoms with Gasteiger partial charge in [0.05, 0.1) is 12.0 Å². The molecule has 0 spiro atoms. The number of hydrogen-bond donors (Lipinski definition) is 2. The Morgan fingerprint density at radius 1 is 1.23 bits per heavy atom. The smallest absolute Gasteiger partial charge is 0.346 e. The molecule has 2 N–H and O–H groups in total. The van der Waals surface area contributed by atoms with Crippen LogP contribution in [0.15, 0.2) is 48.5 Å². The summed E-state index contributed by atoms with van der Waals surface area (Å²) >= 11 is 5.97. The molecule has 26 heavy (non-hydrogen) atoms. The van der Waals surface area contributed by atoms with E-state index in [9.17, 15) is 19.1 Å². The first-order valence-electron chi connectivity index (χ1n) is 7.89. The largest absolute Gasteiger partial charge is 0.478 e. The molecular weight excluding hydrogens is 361 g/mol. The Kier molecular flexibility index (Phi) is 6.21. The average Bonchev–Trinajstić information content (AvgIpc) is 2.59. The fourth-order valence-corrected chi connectivity index (χ4v) is 2.46. The van der Waals surface area contributed by atoms with E-state index >= 15 is 0 Å². The summed E-state index contributed by atoms with van der Waals surface area (Å²) < 4.78 is 18.2. The second kappa shape index (κ2) is 8.19. The monoisotopic (exact) mass is 379 g/mol. The lowest BCUT2D eigenvalue weighted by atomic mass is 9.83. The van der Waals surface area contributed by atoms with Gasteiger partial charge in [-0.05, 0) is 55.8 Å². The number of carbonyl (C=O) groups excluding carboxylic acids is 1. The van der Waals surface area contributed by atoms with Gasteiger partial charge >= 0.3 is 5.97 Å². The SMILES string of the molecule is CC(C)(C(=O)NCC(Oc1ccc(F)cc1)C(=O)O)c1cccc(Cl)c1. The zero-order chi connectivity index (χ0) is 19.3. The highest BCUT2D eigenvalue weighted by Gasteiger charge is 2.31. The van der Waals surface area contributed by atoms with Gasteiger partial charge in [-0.15, -0.1) is 0 Å². The number of benzene rings is 2. The Morgan fingerprint density at radius 3 is 2.46 bits per heavy atom. The van der Waals surface area contributed by atoms with Gasteiger partial charge in [0.1, 0.15) is 11.6 Å². The van der Waals surface area contributed by atoms with Gasteiger partial charge in [0.2, 0.25) is 12.0 Å². The van der Waals surface area contributed by atoms with E-state index in [2.05, 4.69) is 5.32 Å². The molecule has 0 aliphatic rings. The van der Waals surface area contributed by atoms with E-state index < -0.39 is 23.3 Å². The molecule has 1 amide bonds.